The number of nitrogens with one attached hydrogen (secondary N) is 1. The molecule has 1 aromatic heterocycles. The summed E-state index contributed by atoms with van der Waals surface area (Å²) >= 11 is 0. The minimum absolute atomic E-state index is 0.125. The third-order valence-electron chi connectivity index (χ3n) is 2.24. The fraction of sp³-hybridized carbons (Fsp3) is 0.200. The molecule has 5 nitrogen and oxygen atoms in total. The van der Waals surface area contributed by atoms with Gasteiger partial charge in [-0.15, -0.1) is 0 Å². The molecule has 1 atom stereocenters. The molecule has 0 aliphatic carbocycles. The highest BCUT2D eigenvalue weighted by atomic mass is 16.4. The van der Waals surface area contributed by atoms with E-state index in [-0.39, 0.29) is 5.78 Å². The molecule has 0 bridgehead atoms. The van der Waals surface area contributed by atoms with Crippen molar-refractivity contribution in [1.82, 2.24) is 4.98 Å². The van der Waals surface area contributed by atoms with Crippen LogP contribution in [-0.2, 0) is 4.79 Å². The highest BCUT2D eigenvalue weighted by Crippen LogP contribution is 2.17. The summed E-state index contributed by atoms with van der Waals surface area (Å²) in [5.41, 5.74) is 7.33. The van der Waals surface area contributed by atoms with Gasteiger partial charge in [0.05, 0.1) is 11.6 Å². The maximum atomic E-state index is 11.1. The van der Waals surface area contributed by atoms with Crippen molar-refractivity contribution in [2.75, 3.05) is 0 Å². The number of H-pyrrole nitrogens is 1. The lowest BCUT2D eigenvalue weighted by Crippen LogP contribution is -2.18. The normalized spacial score (nSPS) is 12.9. The van der Waals surface area contributed by atoms with Crippen LogP contribution in [0.3, 0.4) is 0 Å². The zero-order chi connectivity index (χ0) is 11.0. The summed E-state index contributed by atoms with van der Waals surface area (Å²) in [5.74, 6) is -0.640. The van der Waals surface area contributed by atoms with Gasteiger partial charge in [-0.05, 0) is 24.6 Å². The van der Waals surface area contributed by atoms with E-state index in [1.165, 1.54) is 6.92 Å². The molecule has 0 saturated heterocycles. The molecule has 2 rings (SSSR count). The van der Waals surface area contributed by atoms with Gasteiger partial charge in [0.15, 0.2) is 11.4 Å². The Balaban J connectivity index is 2.55. The van der Waals surface area contributed by atoms with Crippen LogP contribution in [-0.4, -0.2) is 10.8 Å². The lowest BCUT2D eigenvalue weighted by Gasteiger charge is -2.06. The molecule has 1 aromatic carbocycles. The molecule has 0 fully saturated rings. The van der Waals surface area contributed by atoms with Crippen molar-refractivity contribution in [3.8, 4) is 0 Å². The Morgan fingerprint density at radius 3 is 2.93 bits per heavy atom. The van der Waals surface area contributed by atoms with Gasteiger partial charge in [-0.2, -0.15) is 0 Å². The number of hydrogen-bond acceptors (Lipinski definition) is 4. The van der Waals surface area contributed by atoms with E-state index in [1.807, 2.05) is 0 Å². The molecule has 2 aromatic rings. The maximum absolute atomic E-state index is 11.1. The number of benzene rings is 1. The lowest BCUT2D eigenvalue weighted by molar-refractivity contribution is -0.118. The largest absolute Gasteiger partial charge is 0.417 e. The molecule has 15 heavy (non-hydrogen) atoms. The van der Waals surface area contributed by atoms with Gasteiger partial charge in [0.25, 0.3) is 0 Å². The average molecular weight is 206 g/mol. The van der Waals surface area contributed by atoms with Crippen LogP contribution in [0, 0.1) is 0 Å². The molecule has 0 aliphatic heterocycles. The SMILES string of the molecule is CC(=O)C(N)c1ccc2oc(=O)[nH]c2c1. The number of rotatable bonds is 2. The molecule has 1 heterocycles. The summed E-state index contributed by atoms with van der Waals surface area (Å²) in [5, 5.41) is 0. The standard InChI is InChI=1S/C10H10N2O3/c1-5(13)9(11)6-2-3-8-7(4-6)12-10(14)15-8/h2-4,9H,11H2,1H3,(H,12,14). The van der Waals surface area contributed by atoms with Crippen molar-refractivity contribution in [2.45, 2.75) is 13.0 Å². The van der Waals surface area contributed by atoms with Crippen molar-refractivity contribution in [1.29, 1.82) is 0 Å². The minimum Gasteiger partial charge on any atom is -0.408 e. The number of hydrogen-bond donors (Lipinski definition) is 2. The first-order valence-corrected chi connectivity index (χ1v) is 4.47. The Kier molecular flexibility index (Phi) is 2.17. The van der Waals surface area contributed by atoms with Gasteiger partial charge in [-0.3, -0.25) is 9.78 Å². The average Bonchev–Trinajstić information content (AvgIpc) is 2.55. The number of carbonyl (C=O) groups is 1. The molecule has 3 N–H and O–H groups in total. The second-order valence-electron chi connectivity index (χ2n) is 3.36. The highest BCUT2D eigenvalue weighted by molar-refractivity contribution is 5.84. The summed E-state index contributed by atoms with van der Waals surface area (Å²) < 4.78 is 4.83. The van der Waals surface area contributed by atoms with E-state index in [0.29, 0.717) is 16.7 Å². The molecule has 0 radical (unpaired) electrons. The molecule has 0 saturated carbocycles. The van der Waals surface area contributed by atoms with Gasteiger partial charge in [0, 0.05) is 0 Å². The molecule has 0 spiro atoms. The summed E-state index contributed by atoms with van der Waals surface area (Å²) in [6.07, 6.45) is 0. The first-order chi connectivity index (χ1) is 7.08. The van der Waals surface area contributed by atoms with Gasteiger partial charge < -0.3 is 10.2 Å². The molecule has 0 aliphatic rings. The summed E-state index contributed by atoms with van der Waals surface area (Å²) in [6.45, 7) is 1.42. The monoisotopic (exact) mass is 206 g/mol. The molecule has 1 unspecified atom stereocenters. The summed E-state index contributed by atoms with van der Waals surface area (Å²) in [4.78, 5) is 24.5. The third kappa shape index (κ3) is 1.69. The predicted octanol–water partition coefficient (Wildman–Crippen LogP) is 0.710. The van der Waals surface area contributed by atoms with Crippen LogP contribution in [0.1, 0.15) is 18.5 Å². The van der Waals surface area contributed by atoms with E-state index in [4.69, 9.17) is 10.2 Å². The van der Waals surface area contributed by atoms with Crippen LogP contribution in [0.15, 0.2) is 27.4 Å². The van der Waals surface area contributed by atoms with Gasteiger partial charge in [0.1, 0.15) is 0 Å². The first-order valence-electron chi connectivity index (χ1n) is 4.47. The Morgan fingerprint density at radius 1 is 1.53 bits per heavy atom. The smallest absolute Gasteiger partial charge is 0.408 e. The topological polar surface area (TPSA) is 89.1 Å². The molecule has 0 amide bonds. The zero-order valence-corrected chi connectivity index (χ0v) is 8.11. The predicted molar refractivity (Wildman–Crippen MR) is 54.4 cm³/mol. The molecule has 78 valence electrons. The van der Waals surface area contributed by atoms with E-state index in [2.05, 4.69) is 4.98 Å². The van der Waals surface area contributed by atoms with Gasteiger partial charge in [-0.1, -0.05) is 6.07 Å². The number of ketones is 1. The van der Waals surface area contributed by atoms with Crippen LogP contribution < -0.4 is 11.5 Å². The van der Waals surface area contributed by atoms with Crippen LogP contribution in [0.2, 0.25) is 0 Å². The van der Waals surface area contributed by atoms with Crippen LogP contribution >= 0.6 is 0 Å². The number of nitrogens with two attached hydrogens (primary N) is 1. The number of aromatic nitrogens is 1. The van der Waals surface area contributed by atoms with E-state index in [9.17, 15) is 9.59 Å². The van der Waals surface area contributed by atoms with Crippen LogP contribution in [0.4, 0.5) is 0 Å². The van der Waals surface area contributed by atoms with E-state index >= 15 is 0 Å². The maximum Gasteiger partial charge on any atom is 0.417 e. The second-order valence-corrected chi connectivity index (χ2v) is 3.36. The van der Waals surface area contributed by atoms with E-state index < -0.39 is 11.8 Å². The van der Waals surface area contributed by atoms with E-state index in [1.54, 1.807) is 18.2 Å². The Morgan fingerprint density at radius 2 is 2.27 bits per heavy atom. The van der Waals surface area contributed by atoms with Crippen molar-refractivity contribution in [2.24, 2.45) is 5.73 Å². The molecular formula is C10H10N2O3. The van der Waals surface area contributed by atoms with Gasteiger partial charge in [0.2, 0.25) is 0 Å². The Bertz CT molecular complexity index is 567. The van der Waals surface area contributed by atoms with Crippen molar-refractivity contribution in [3.05, 3.63) is 34.3 Å². The van der Waals surface area contributed by atoms with Crippen LogP contribution in [0.5, 0.6) is 0 Å². The number of carbonyl (C=O) groups excluding carboxylic acids is 1. The summed E-state index contributed by atoms with van der Waals surface area (Å²) in [6, 6.07) is 4.27. The zero-order valence-electron chi connectivity index (χ0n) is 8.11. The quantitative estimate of drug-likeness (QED) is 0.757. The number of oxazole rings is 1. The van der Waals surface area contributed by atoms with Crippen LogP contribution in [0.25, 0.3) is 11.1 Å². The van der Waals surface area contributed by atoms with Gasteiger partial charge in [-0.25, -0.2) is 4.79 Å². The number of Topliss-reactive ketones (excluding diaryl/α,β-unsaturated/α-hetero) is 1. The first kappa shape index (κ1) is 9.67. The lowest BCUT2D eigenvalue weighted by atomic mass is 10.0. The van der Waals surface area contributed by atoms with Gasteiger partial charge >= 0.3 is 5.76 Å². The number of aromatic amines is 1. The summed E-state index contributed by atoms with van der Waals surface area (Å²) in [7, 11) is 0. The highest BCUT2D eigenvalue weighted by Gasteiger charge is 2.12. The van der Waals surface area contributed by atoms with Crippen molar-refractivity contribution in [3.63, 3.8) is 0 Å². The van der Waals surface area contributed by atoms with Crippen molar-refractivity contribution < 1.29 is 9.21 Å². The fourth-order valence-corrected chi connectivity index (χ4v) is 1.40. The third-order valence-corrected chi connectivity index (χ3v) is 2.24. The molecule has 5 heteroatoms. The Labute approximate surface area is 84.9 Å². The minimum atomic E-state index is -0.659. The van der Waals surface area contributed by atoms with E-state index in [0.717, 1.165) is 0 Å². The molecular weight excluding hydrogens is 196 g/mol. The Hall–Kier alpha value is -1.88. The number of fused-ring (bicyclic) bond motifs is 1. The van der Waals surface area contributed by atoms with Crippen molar-refractivity contribution >= 4 is 16.9 Å². The second kappa shape index (κ2) is 3.36. The fourth-order valence-electron chi connectivity index (χ4n) is 1.40.